The second-order valence-electron chi connectivity index (χ2n) is 7.43. The van der Waals surface area contributed by atoms with Crippen molar-refractivity contribution in [2.45, 2.75) is 51.4 Å². The molecule has 0 amide bonds. The van der Waals surface area contributed by atoms with E-state index >= 15 is 0 Å². The van der Waals surface area contributed by atoms with Gasteiger partial charge in [0.15, 0.2) is 0 Å². The fraction of sp³-hybridized carbons (Fsp3) is 0.684. The Kier molecular flexibility index (Phi) is 5.11. The summed E-state index contributed by atoms with van der Waals surface area (Å²) in [4.78, 5) is 6.81. The number of imidazole rings is 1. The molecule has 0 spiro atoms. The summed E-state index contributed by atoms with van der Waals surface area (Å²) in [6.45, 7) is 9.02. The van der Waals surface area contributed by atoms with E-state index in [1.165, 1.54) is 17.8 Å². The third-order valence-electron chi connectivity index (χ3n) is 5.77. The van der Waals surface area contributed by atoms with Crippen molar-refractivity contribution in [3.8, 4) is 0 Å². The second-order valence-corrected chi connectivity index (χ2v) is 7.43. The summed E-state index contributed by atoms with van der Waals surface area (Å²) in [5.74, 6) is 0. The summed E-state index contributed by atoms with van der Waals surface area (Å²) in [6.07, 6.45) is 6.32. The van der Waals surface area contributed by atoms with Crippen molar-refractivity contribution in [2.75, 3.05) is 26.2 Å². The standard InChI is InChI=1S/C19H30N6O/c1-4-24-8-9-26-18(19(24)17-11-20-13-23(17)3)12-21-14(2)16-10-15-6-5-7-25(15)22-16/h10-11,13-14,18-19,21H,4-9,12H2,1-3H3/t14?,18-,19-/m0/s1. The minimum Gasteiger partial charge on any atom is -0.374 e. The molecule has 1 unspecified atom stereocenters. The van der Waals surface area contributed by atoms with Gasteiger partial charge >= 0.3 is 0 Å². The van der Waals surface area contributed by atoms with E-state index in [0.29, 0.717) is 0 Å². The van der Waals surface area contributed by atoms with E-state index in [2.05, 4.69) is 51.4 Å². The summed E-state index contributed by atoms with van der Waals surface area (Å²) in [6, 6.07) is 2.71. The summed E-state index contributed by atoms with van der Waals surface area (Å²) in [7, 11) is 2.06. The van der Waals surface area contributed by atoms with Crippen LogP contribution in [-0.4, -0.2) is 56.6 Å². The smallest absolute Gasteiger partial charge is 0.0946 e. The molecule has 1 N–H and O–H groups in total. The molecule has 0 bridgehead atoms. The van der Waals surface area contributed by atoms with Gasteiger partial charge < -0.3 is 14.6 Å². The maximum atomic E-state index is 6.18. The van der Waals surface area contributed by atoms with Crippen molar-refractivity contribution < 1.29 is 4.74 Å². The molecule has 1 fully saturated rings. The van der Waals surface area contributed by atoms with Crippen LogP contribution >= 0.6 is 0 Å². The van der Waals surface area contributed by atoms with Crippen LogP contribution in [0.25, 0.3) is 0 Å². The molecule has 7 heteroatoms. The molecule has 4 rings (SSSR count). The maximum Gasteiger partial charge on any atom is 0.0946 e. The molecule has 2 aliphatic heterocycles. The van der Waals surface area contributed by atoms with E-state index in [0.717, 1.165) is 44.9 Å². The first-order chi connectivity index (χ1) is 12.7. The van der Waals surface area contributed by atoms with Gasteiger partial charge in [-0.05, 0) is 32.4 Å². The number of aromatic nitrogens is 4. The first kappa shape index (κ1) is 17.7. The van der Waals surface area contributed by atoms with Gasteiger partial charge in [-0.15, -0.1) is 0 Å². The van der Waals surface area contributed by atoms with Gasteiger partial charge in [0.1, 0.15) is 0 Å². The highest BCUT2D eigenvalue weighted by Gasteiger charge is 2.34. The zero-order chi connectivity index (χ0) is 18.1. The number of hydrogen-bond acceptors (Lipinski definition) is 5. The quantitative estimate of drug-likeness (QED) is 0.851. The van der Waals surface area contributed by atoms with Crippen LogP contribution in [-0.2, 0) is 24.8 Å². The number of hydrogen-bond donors (Lipinski definition) is 1. The van der Waals surface area contributed by atoms with Crippen LogP contribution in [0.15, 0.2) is 18.6 Å². The average Bonchev–Trinajstić information content (AvgIpc) is 3.35. The third-order valence-corrected chi connectivity index (χ3v) is 5.77. The molecule has 2 aliphatic rings. The van der Waals surface area contributed by atoms with Crippen molar-refractivity contribution in [1.82, 2.24) is 29.5 Å². The molecule has 2 aromatic heterocycles. The summed E-state index contributed by atoms with van der Waals surface area (Å²) in [5, 5.41) is 8.41. The number of nitrogens with one attached hydrogen (secondary N) is 1. The molecular formula is C19H30N6O. The Morgan fingerprint density at radius 2 is 2.27 bits per heavy atom. The van der Waals surface area contributed by atoms with Crippen molar-refractivity contribution in [2.24, 2.45) is 7.05 Å². The van der Waals surface area contributed by atoms with Gasteiger partial charge in [0.25, 0.3) is 0 Å². The minimum absolute atomic E-state index is 0.107. The number of likely N-dealkylation sites (N-methyl/N-ethyl adjacent to an activating group) is 1. The number of aryl methyl sites for hydroxylation is 3. The van der Waals surface area contributed by atoms with E-state index in [-0.39, 0.29) is 18.2 Å². The predicted octanol–water partition coefficient (Wildman–Crippen LogP) is 1.68. The molecule has 2 aromatic rings. The Labute approximate surface area is 155 Å². The number of ether oxygens (including phenoxy) is 1. The lowest BCUT2D eigenvalue weighted by molar-refractivity contribution is -0.0723. The average molecular weight is 358 g/mol. The molecule has 142 valence electrons. The van der Waals surface area contributed by atoms with E-state index in [1.54, 1.807) is 0 Å². The van der Waals surface area contributed by atoms with Gasteiger partial charge in [0.05, 0.1) is 36.5 Å². The van der Waals surface area contributed by atoms with Crippen LogP contribution in [0.2, 0.25) is 0 Å². The van der Waals surface area contributed by atoms with E-state index < -0.39 is 0 Å². The molecule has 0 saturated carbocycles. The van der Waals surface area contributed by atoms with E-state index in [4.69, 9.17) is 9.84 Å². The van der Waals surface area contributed by atoms with Crippen LogP contribution in [0.5, 0.6) is 0 Å². The van der Waals surface area contributed by atoms with Crippen LogP contribution < -0.4 is 5.32 Å². The fourth-order valence-corrected chi connectivity index (χ4v) is 4.23. The molecule has 0 aromatic carbocycles. The monoisotopic (exact) mass is 358 g/mol. The van der Waals surface area contributed by atoms with Gasteiger partial charge in [-0.3, -0.25) is 9.58 Å². The van der Waals surface area contributed by atoms with Crippen LogP contribution in [0.1, 0.15) is 49.4 Å². The Bertz CT molecular complexity index is 717. The molecular weight excluding hydrogens is 328 g/mol. The maximum absolute atomic E-state index is 6.18. The number of rotatable bonds is 6. The fourth-order valence-electron chi connectivity index (χ4n) is 4.23. The molecule has 0 radical (unpaired) electrons. The molecule has 3 atom stereocenters. The van der Waals surface area contributed by atoms with E-state index in [9.17, 15) is 0 Å². The van der Waals surface area contributed by atoms with Gasteiger partial charge in [-0.2, -0.15) is 5.10 Å². The molecule has 0 aliphatic carbocycles. The Balaban J connectivity index is 1.45. The Morgan fingerprint density at radius 1 is 1.38 bits per heavy atom. The zero-order valence-corrected chi connectivity index (χ0v) is 16.1. The normalized spacial score (nSPS) is 24.7. The lowest BCUT2D eigenvalue weighted by Gasteiger charge is -2.41. The van der Waals surface area contributed by atoms with Gasteiger partial charge in [-0.25, -0.2) is 4.98 Å². The molecule has 26 heavy (non-hydrogen) atoms. The lowest BCUT2D eigenvalue weighted by Crippen LogP contribution is -2.49. The first-order valence-corrected chi connectivity index (χ1v) is 9.79. The Morgan fingerprint density at radius 3 is 3.00 bits per heavy atom. The number of fused-ring (bicyclic) bond motifs is 1. The van der Waals surface area contributed by atoms with Crippen molar-refractivity contribution in [3.63, 3.8) is 0 Å². The highest BCUT2D eigenvalue weighted by atomic mass is 16.5. The van der Waals surface area contributed by atoms with Crippen molar-refractivity contribution >= 4 is 0 Å². The second kappa shape index (κ2) is 7.50. The third kappa shape index (κ3) is 3.31. The molecule has 1 saturated heterocycles. The van der Waals surface area contributed by atoms with Crippen LogP contribution in [0, 0.1) is 0 Å². The summed E-state index contributed by atoms with van der Waals surface area (Å²) >= 11 is 0. The van der Waals surface area contributed by atoms with E-state index in [1.807, 2.05) is 12.5 Å². The largest absolute Gasteiger partial charge is 0.374 e. The van der Waals surface area contributed by atoms with Gasteiger partial charge in [0, 0.05) is 44.6 Å². The SMILES string of the molecule is CCN1CCO[C@@H](CNC(C)c2cc3n(n2)CCC3)[C@@H]1c1cncn1C. The lowest BCUT2D eigenvalue weighted by atomic mass is 10.0. The molecule has 7 nitrogen and oxygen atoms in total. The van der Waals surface area contributed by atoms with Gasteiger partial charge in [-0.1, -0.05) is 6.92 Å². The first-order valence-electron chi connectivity index (χ1n) is 9.79. The molecule has 4 heterocycles. The van der Waals surface area contributed by atoms with Crippen molar-refractivity contribution in [3.05, 3.63) is 35.7 Å². The van der Waals surface area contributed by atoms with Crippen molar-refractivity contribution in [1.29, 1.82) is 0 Å². The predicted molar refractivity (Wildman–Crippen MR) is 99.9 cm³/mol. The highest BCUT2D eigenvalue weighted by Crippen LogP contribution is 2.29. The Hall–Kier alpha value is -1.70. The van der Waals surface area contributed by atoms with Crippen LogP contribution in [0.4, 0.5) is 0 Å². The minimum atomic E-state index is 0.107. The zero-order valence-electron chi connectivity index (χ0n) is 16.1. The number of nitrogens with zero attached hydrogens (tertiary/aromatic N) is 5. The van der Waals surface area contributed by atoms with Gasteiger partial charge in [0.2, 0.25) is 0 Å². The summed E-state index contributed by atoms with van der Waals surface area (Å²) in [5.41, 5.74) is 3.72. The topological polar surface area (TPSA) is 60.1 Å². The van der Waals surface area contributed by atoms with Crippen LogP contribution in [0.3, 0.4) is 0 Å². The highest BCUT2D eigenvalue weighted by molar-refractivity contribution is 5.16. The summed E-state index contributed by atoms with van der Waals surface area (Å²) < 4.78 is 10.4. The number of morpholine rings is 1.